The lowest BCUT2D eigenvalue weighted by molar-refractivity contribution is -0.115. The molecule has 0 rings (SSSR count). The van der Waals surface area contributed by atoms with E-state index in [9.17, 15) is 9.90 Å². The first-order valence-corrected chi connectivity index (χ1v) is 6.76. The molecule has 0 aromatic rings. The molecule has 96 valence electrons. The van der Waals surface area contributed by atoms with Crippen LogP contribution in [-0.2, 0) is 4.79 Å². The van der Waals surface area contributed by atoms with Gasteiger partial charge in [0.05, 0.1) is 6.10 Å². The van der Waals surface area contributed by atoms with Crippen LogP contribution in [0.15, 0.2) is 0 Å². The van der Waals surface area contributed by atoms with Crippen LogP contribution in [0.3, 0.4) is 0 Å². The average Bonchev–Trinajstić information content (AvgIpc) is 2.27. The molecule has 0 spiro atoms. The minimum atomic E-state index is -0.465. The number of aliphatic hydroxyl groups is 1. The smallest absolute Gasteiger partial charge is 0.125 e. The van der Waals surface area contributed by atoms with Gasteiger partial charge in [-0.3, -0.25) is 0 Å². The number of carbonyl (C=O) groups is 1. The monoisotopic (exact) mass is 228 g/mol. The van der Waals surface area contributed by atoms with Crippen molar-refractivity contribution in [3.8, 4) is 0 Å². The van der Waals surface area contributed by atoms with Gasteiger partial charge >= 0.3 is 0 Å². The zero-order valence-corrected chi connectivity index (χ0v) is 11.1. The first-order chi connectivity index (χ1) is 7.63. The molecule has 1 N–H and O–H groups in total. The van der Waals surface area contributed by atoms with Gasteiger partial charge in [0.2, 0.25) is 0 Å². The molecule has 0 saturated heterocycles. The van der Waals surface area contributed by atoms with Crippen molar-refractivity contribution in [2.75, 3.05) is 0 Å². The number of rotatable bonds is 10. The Hall–Kier alpha value is -0.370. The number of carbonyl (C=O) groups excluding carboxylic acids is 1. The molecule has 16 heavy (non-hydrogen) atoms. The second kappa shape index (κ2) is 9.83. The summed E-state index contributed by atoms with van der Waals surface area (Å²) >= 11 is 0. The van der Waals surface area contributed by atoms with E-state index in [1.54, 1.807) is 0 Å². The quantitative estimate of drug-likeness (QED) is 0.458. The maximum Gasteiger partial charge on any atom is 0.125 e. The summed E-state index contributed by atoms with van der Waals surface area (Å²) in [7, 11) is 0. The van der Waals surface area contributed by atoms with Crippen LogP contribution in [0.2, 0.25) is 0 Å². The van der Waals surface area contributed by atoms with Crippen molar-refractivity contribution in [3.63, 3.8) is 0 Å². The van der Waals surface area contributed by atoms with Crippen LogP contribution in [0, 0.1) is 11.8 Å². The second-order valence-electron chi connectivity index (χ2n) is 5.09. The van der Waals surface area contributed by atoms with E-state index < -0.39 is 6.10 Å². The summed E-state index contributed by atoms with van der Waals surface area (Å²) in [5.41, 5.74) is 0. The molecule has 0 bridgehead atoms. The van der Waals surface area contributed by atoms with Crippen LogP contribution in [-0.4, -0.2) is 17.5 Å². The van der Waals surface area contributed by atoms with Gasteiger partial charge in [0.1, 0.15) is 6.29 Å². The zero-order valence-electron chi connectivity index (χ0n) is 11.1. The third kappa shape index (κ3) is 7.00. The summed E-state index contributed by atoms with van der Waals surface area (Å²) in [5, 5.41) is 9.80. The topological polar surface area (TPSA) is 37.3 Å². The van der Waals surface area contributed by atoms with Gasteiger partial charge < -0.3 is 9.90 Å². The highest BCUT2D eigenvalue weighted by Gasteiger charge is 2.20. The van der Waals surface area contributed by atoms with E-state index in [2.05, 4.69) is 6.92 Å². The molecule has 2 nitrogen and oxygen atoms in total. The Morgan fingerprint density at radius 2 is 1.62 bits per heavy atom. The summed E-state index contributed by atoms with van der Waals surface area (Å²) in [6.07, 6.45) is 8.70. The molecule has 0 amide bonds. The lowest BCUT2D eigenvalue weighted by Gasteiger charge is -2.20. The van der Waals surface area contributed by atoms with Crippen molar-refractivity contribution < 1.29 is 9.90 Å². The molecule has 0 aliphatic carbocycles. The second-order valence-corrected chi connectivity index (χ2v) is 5.09. The molecular formula is C14H28O2. The molecule has 0 aromatic carbocycles. The molecular weight excluding hydrogens is 200 g/mol. The van der Waals surface area contributed by atoms with Crippen molar-refractivity contribution in [2.45, 2.75) is 71.8 Å². The van der Waals surface area contributed by atoms with Crippen molar-refractivity contribution in [1.82, 2.24) is 0 Å². The third-order valence-electron chi connectivity index (χ3n) is 3.19. The van der Waals surface area contributed by atoms with Crippen molar-refractivity contribution >= 4 is 6.29 Å². The standard InChI is InChI=1S/C14H28O2/c1-4-5-6-7-8-9-10-13(11-15)14(16)12(2)3/h11-14,16H,4-10H2,1-3H3/t13-,14-/m0/s1. The van der Waals surface area contributed by atoms with E-state index in [0.29, 0.717) is 0 Å². The van der Waals surface area contributed by atoms with Crippen LogP contribution < -0.4 is 0 Å². The van der Waals surface area contributed by atoms with Crippen LogP contribution in [0.5, 0.6) is 0 Å². The minimum Gasteiger partial charge on any atom is -0.392 e. The normalized spacial score (nSPS) is 15.1. The lowest BCUT2D eigenvalue weighted by Crippen LogP contribution is -2.27. The lowest BCUT2D eigenvalue weighted by atomic mass is 9.90. The number of aldehydes is 1. The fourth-order valence-corrected chi connectivity index (χ4v) is 1.97. The first kappa shape index (κ1) is 15.6. The molecule has 0 heterocycles. The Balaban J connectivity index is 3.59. The number of hydrogen-bond donors (Lipinski definition) is 1. The van der Waals surface area contributed by atoms with Gasteiger partial charge in [0, 0.05) is 5.92 Å². The van der Waals surface area contributed by atoms with Crippen LogP contribution in [0.1, 0.15) is 65.7 Å². The number of unbranched alkanes of at least 4 members (excludes halogenated alkanes) is 5. The molecule has 0 fully saturated rings. The summed E-state index contributed by atoms with van der Waals surface area (Å²) < 4.78 is 0. The predicted molar refractivity (Wildman–Crippen MR) is 68.4 cm³/mol. The molecule has 0 unspecified atom stereocenters. The molecule has 0 aliphatic rings. The van der Waals surface area contributed by atoms with E-state index in [0.717, 1.165) is 19.1 Å². The summed E-state index contributed by atoms with van der Waals surface area (Å²) in [6.45, 7) is 6.13. The highest BCUT2D eigenvalue weighted by atomic mass is 16.3. The Morgan fingerprint density at radius 3 is 2.12 bits per heavy atom. The Labute approximate surface area is 100 Å². The third-order valence-corrected chi connectivity index (χ3v) is 3.19. The fraction of sp³-hybridized carbons (Fsp3) is 0.929. The van der Waals surface area contributed by atoms with E-state index >= 15 is 0 Å². The Kier molecular flexibility index (Phi) is 9.60. The Bertz CT molecular complexity index is 166. The number of aliphatic hydroxyl groups excluding tert-OH is 1. The Morgan fingerprint density at radius 1 is 1.06 bits per heavy atom. The first-order valence-electron chi connectivity index (χ1n) is 6.76. The van der Waals surface area contributed by atoms with Gasteiger partial charge in [0.15, 0.2) is 0 Å². The van der Waals surface area contributed by atoms with Crippen molar-refractivity contribution in [3.05, 3.63) is 0 Å². The van der Waals surface area contributed by atoms with Crippen LogP contribution >= 0.6 is 0 Å². The van der Waals surface area contributed by atoms with E-state index in [4.69, 9.17) is 0 Å². The van der Waals surface area contributed by atoms with E-state index in [1.807, 2.05) is 13.8 Å². The van der Waals surface area contributed by atoms with Crippen molar-refractivity contribution in [2.24, 2.45) is 11.8 Å². The fourth-order valence-electron chi connectivity index (χ4n) is 1.97. The predicted octanol–water partition coefficient (Wildman–Crippen LogP) is 3.57. The summed E-state index contributed by atoms with van der Waals surface area (Å²) in [6, 6.07) is 0. The van der Waals surface area contributed by atoms with Gasteiger partial charge in [-0.1, -0.05) is 59.3 Å². The number of hydrogen-bond acceptors (Lipinski definition) is 2. The SMILES string of the molecule is CCCCCCCC[C@@H](C=O)[C@@H](O)C(C)C. The molecule has 2 heteroatoms. The summed E-state index contributed by atoms with van der Waals surface area (Å²) in [4.78, 5) is 10.9. The van der Waals surface area contributed by atoms with Crippen molar-refractivity contribution in [1.29, 1.82) is 0 Å². The van der Waals surface area contributed by atoms with Crippen LogP contribution in [0.25, 0.3) is 0 Å². The molecule has 0 aromatic heterocycles. The highest BCUT2D eigenvalue weighted by molar-refractivity contribution is 5.54. The average molecular weight is 228 g/mol. The van der Waals surface area contributed by atoms with E-state index in [-0.39, 0.29) is 11.8 Å². The molecule has 0 saturated carbocycles. The van der Waals surface area contributed by atoms with Gasteiger partial charge in [-0.15, -0.1) is 0 Å². The summed E-state index contributed by atoms with van der Waals surface area (Å²) in [5.74, 6) is 0.0152. The van der Waals surface area contributed by atoms with Gasteiger partial charge in [0.25, 0.3) is 0 Å². The van der Waals surface area contributed by atoms with Crippen LogP contribution in [0.4, 0.5) is 0 Å². The maximum absolute atomic E-state index is 10.9. The van der Waals surface area contributed by atoms with Gasteiger partial charge in [-0.2, -0.15) is 0 Å². The largest absolute Gasteiger partial charge is 0.392 e. The molecule has 2 atom stereocenters. The minimum absolute atomic E-state index is 0.161. The van der Waals surface area contributed by atoms with Gasteiger partial charge in [-0.05, 0) is 12.3 Å². The highest BCUT2D eigenvalue weighted by Crippen LogP contribution is 2.18. The molecule has 0 aliphatic heterocycles. The zero-order chi connectivity index (χ0) is 12.4. The van der Waals surface area contributed by atoms with E-state index in [1.165, 1.54) is 32.1 Å². The molecule has 0 radical (unpaired) electrons. The van der Waals surface area contributed by atoms with Gasteiger partial charge in [-0.25, -0.2) is 0 Å². The maximum atomic E-state index is 10.9.